The molecule has 3 heterocycles. The normalized spacial score (nSPS) is 37.3. The van der Waals surface area contributed by atoms with Crippen LogP contribution in [0.25, 0.3) is 17.1 Å². The van der Waals surface area contributed by atoms with Gasteiger partial charge in [-0.2, -0.15) is 5.10 Å². The molecule has 0 bridgehead atoms. The third-order valence-electron chi connectivity index (χ3n) is 12.3. The number of ketones is 1. The Kier molecular flexibility index (Phi) is 6.54. The number of H-pyrrole nitrogens is 1. The topological polar surface area (TPSA) is 113 Å². The highest BCUT2D eigenvalue weighted by Gasteiger charge is 2.68. The van der Waals surface area contributed by atoms with E-state index in [1.165, 1.54) is 28.6 Å². The van der Waals surface area contributed by atoms with Crippen LogP contribution in [0.15, 0.2) is 41.2 Å². The first kappa shape index (κ1) is 28.0. The van der Waals surface area contributed by atoms with Gasteiger partial charge in [0.1, 0.15) is 5.60 Å². The van der Waals surface area contributed by atoms with Crippen molar-refractivity contribution in [2.75, 3.05) is 19.0 Å². The maximum absolute atomic E-state index is 13.8. The van der Waals surface area contributed by atoms with Gasteiger partial charge in [0.15, 0.2) is 10.9 Å². The fourth-order valence-corrected chi connectivity index (χ4v) is 11.0. The summed E-state index contributed by atoms with van der Waals surface area (Å²) in [7, 11) is 0. The van der Waals surface area contributed by atoms with Gasteiger partial charge in [-0.3, -0.25) is 9.48 Å². The van der Waals surface area contributed by atoms with Crippen molar-refractivity contribution in [1.82, 2.24) is 19.7 Å². The molecule has 3 N–H and O–H groups in total. The maximum atomic E-state index is 13.8. The van der Waals surface area contributed by atoms with Crippen LogP contribution in [0.3, 0.4) is 0 Å². The van der Waals surface area contributed by atoms with Crippen molar-refractivity contribution in [3.8, 4) is 0 Å². The number of Topliss-reactive ketones (excluding diaryl/α,β-unsaturated/α-hetero) is 1. The summed E-state index contributed by atoms with van der Waals surface area (Å²) in [6.07, 6.45) is 10.5. The lowest BCUT2D eigenvalue weighted by molar-refractivity contribution is -0.177. The molecule has 1 aromatic carbocycles. The smallest absolute Gasteiger partial charge is 0.175 e. The van der Waals surface area contributed by atoms with Gasteiger partial charge in [0.05, 0.1) is 40.8 Å². The van der Waals surface area contributed by atoms with Gasteiger partial charge in [0.2, 0.25) is 0 Å². The number of allylic oxidation sites excluding steroid dienone is 1. The van der Waals surface area contributed by atoms with Crippen molar-refractivity contribution in [2.45, 2.75) is 88.1 Å². The van der Waals surface area contributed by atoms with E-state index >= 15 is 0 Å². The van der Waals surface area contributed by atoms with Crippen LogP contribution >= 0.6 is 11.8 Å². The van der Waals surface area contributed by atoms with Crippen LogP contribution in [-0.2, 0) is 16.0 Å². The maximum Gasteiger partial charge on any atom is 0.175 e. The first-order chi connectivity index (χ1) is 20.7. The second-order valence-corrected chi connectivity index (χ2v) is 15.3. The molecular weight excluding hydrogens is 560 g/mol. The number of aromatic amines is 1. The monoisotopic (exact) mass is 602 g/mol. The van der Waals surface area contributed by atoms with E-state index in [9.17, 15) is 15.0 Å². The second kappa shape index (κ2) is 10.0. The van der Waals surface area contributed by atoms with Crippen molar-refractivity contribution in [3.63, 3.8) is 0 Å². The number of nitrogens with one attached hydrogen (secondary N) is 1. The van der Waals surface area contributed by atoms with Gasteiger partial charge < -0.3 is 19.9 Å². The molecule has 3 saturated carbocycles. The molecule has 5 aliphatic rings. The minimum absolute atomic E-state index is 0.104. The molecule has 3 aromatic rings. The third-order valence-corrected chi connectivity index (χ3v) is 13.2. The molecule has 8 nitrogen and oxygen atoms in total. The number of aromatic nitrogens is 4. The Hall–Kier alpha value is -2.46. The highest BCUT2D eigenvalue weighted by atomic mass is 32.2. The van der Waals surface area contributed by atoms with Gasteiger partial charge in [0, 0.05) is 18.6 Å². The third kappa shape index (κ3) is 4.10. The Morgan fingerprint density at radius 3 is 2.81 bits per heavy atom. The van der Waals surface area contributed by atoms with Crippen LogP contribution in [0, 0.1) is 28.6 Å². The summed E-state index contributed by atoms with van der Waals surface area (Å²) >= 11 is 1.36. The largest absolute Gasteiger partial charge is 0.393 e. The number of rotatable bonds is 5. The highest BCUT2D eigenvalue weighted by molar-refractivity contribution is 7.99. The van der Waals surface area contributed by atoms with E-state index in [2.05, 4.69) is 40.8 Å². The lowest BCUT2D eigenvalue weighted by atomic mass is 9.45. The van der Waals surface area contributed by atoms with Gasteiger partial charge in [-0.1, -0.05) is 43.3 Å². The standard InChI is InChI=1S/C34H42N4O4S/c1-32-16-20-18-35-38(22-10-13-42-14-11-22)27(20)15-21(32)7-8-23-24-9-12-34(41,33(24,2)17-28(39)30(23)32)29(40)19-43-31-36-25-5-3-4-6-26(25)37-31/h3-6,15,18,22-24,28,30,39,41H,7-14,16-17,19H2,1-2H3,(H,36,37)/t23?,24?,28?,30?,32?,33?,34-/m0/s1. The number of carbonyl (C=O) groups excluding carboxylic acids is 1. The van der Waals surface area contributed by atoms with Crippen molar-refractivity contribution in [2.24, 2.45) is 28.6 Å². The zero-order chi connectivity index (χ0) is 29.6. The SMILES string of the molecule is CC12Cc3cnn(C4CCOCC4)c3C=C1CCC1C2C(O)CC2(C)C1CC[C@]2(O)C(=O)CSc1nc2ccccc2[nH]1. The average Bonchev–Trinajstić information content (AvgIpc) is 3.68. The Balaban J connectivity index is 1.04. The number of ether oxygens (including phenoxy) is 1. The number of thioether (sulfide) groups is 1. The number of para-hydroxylation sites is 2. The zero-order valence-electron chi connectivity index (χ0n) is 25.1. The van der Waals surface area contributed by atoms with E-state index < -0.39 is 17.1 Å². The molecule has 9 heteroatoms. The molecule has 43 heavy (non-hydrogen) atoms. The molecule has 0 spiro atoms. The first-order valence-corrected chi connectivity index (χ1v) is 17.1. The summed E-state index contributed by atoms with van der Waals surface area (Å²) in [6, 6.07) is 8.21. The van der Waals surface area contributed by atoms with Crippen LogP contribution in [0.4, 0.5) is 0 Å². The minimum Gasteiger partial charge on any atom is -0.393 e. The Labute approximate surface area is 256 Å². The Morgan fingerprint density at radius 2 is 2.00 bits per heavy atom. The van der Waals surface area contributed by atoms with Gasteiger partial charge in [0.25, 0.3) is 0 Å². The number of hydrogen-bond acceptors (Lipinski definition) is 7. The quantitative estimate of drug-likeness (QED) is 0.337. The van der Waals surface area contributed by atoms with Gasteiger partial charge in [-0.25, -0.2) is 4.98 Å². The molecule has 6 unspecified atom stereocenters. The number of imidazole rings is 1. The van der Waals surface area contributed by atoms with Crippen molar-refractivity contribution in [1.29, 1.82) is 0 Å². The number of aliphatic hydroxyl groups excluding tert-OH is 1. The summed E-state index contributed by atoms with van der Waals surface area (Å²) in [6.45, 7) is 6.01. The van der Waals surface area contributed by atoms with Crippen LogP contribution in [0.2, 0.25) is 0 Å². The van der Waals surface area contributed by atoms with Crippen LogP contribution in [-0.4, -0.2) is 66.4 Å². The van der Waals surface area contributed by atoms with E-state index in [1.807, 2.05) is 24.3 Å². The minimum atomic E-state index is -1.44. The molecule has 7 atom stereocenters. The van der Waals surface area contributed by atoms with Gasteiger partial charge in [-0.15, -0.1) is 0 Å². The van der Waals surface area contributed by atoms with E-state index in [-0.39, 0.29) is 34.7 Å². The Bertz CT molecular complexity index is 1580. The summed E-state index contributed by atoms with van der Waals surface area (Å²) in [5, 5.41) is 29.7. The van der Waals surface area contributed by atoms with Gasteiger partial charge in [-0.05, 0) is 98.3 Å². The highest BCUT2D eigenvalue weighted by Crippen LogP contribution is 2.67. The summed E-state index contributed by atoms with van der Waals surface area (Å²) in [5.74, 6) is 0.600. The second-order valence-electron chi connectivity index (χ2n) is 14.3. The molecule has 2 aromatic heterocycles. The van der Waals surface area contributed by atoms with Crippen molar-refractivity contribution in [3.05, 3.63) is 47.3 Å². The molecule has 0 radical (unpaired) electrons. The lowest BCUT2D eigenvalue weighted by Gasteiger charge is -2.60. The number of nitrogens with zero attached hydrogens (tertiary/aromatic N) is 3. The molecule has 8 rings (SSSR count). The van der Waals surface area contributed by atoms with Crippen LogP contribution < -0.4 is 0 Å². The first-order valence-electron chi connectivity index (χ1n) is 16.1. The molecule has 228 valence electrons. The summed E-state index contributed by atoms with van der Waals surface area (Å²) < 4.78 is 7.84. The molecular formula is C34H42N4O4S. The van der Waals surface area contributed by atoms with E-state index in [0.717, 1.165) is 62.8 Å². The number of aliphatic hydroxyl groups is 2. The molecule has 1 saturated heterocycles. The molecule has 1 aliphatic heterocycles. The van der Waals surface area contributed by atoms with Gasteiger partial charge >= 0.3 is 0 Å². The van der Waals surface area contributed by atoms with Crippen LogP contribution in [0.1, 0.15) is 76.1 Å². The average molecular weight is 603 g/mol. The van der Waals surface area contributed by atoms with Crippen molar-refractivity contribution < 1.29 is 19.7 Å². The van der Waals surface area contributed by atoms with Crippen molar-refractivity contribution >= 4 is 34.7 Å². The van der Waals surface area contributed by atoms with E-state index in [4.69, 9.17) is 9.84 Å². The number of hydrogen-bond donors (Lipinski definition) is 3. The zero-order valence-corrected chi connectivity index (χ0v) is 25.9. The summed E-state index contributed by atoms with van der Waals surface area (Å²) in [5.41, 5.74) is 3.53. The van der Waals surface area contributed by atoms with E-state index in [1.54, 1.807) is 0 Å². The molecule has 4 aliphatic carbocycles. The predicted octanol–water partition coefficient (Wildman–Crippen LogP) is 5.36. The number of fused-ring (bicyclic) bond motifs is 7. The summed E-state index contributed by atoms with van der Waals surface area (Å²) in [4.78, 5) is 21.7. The number of benzene rings is 1. The fourth-order valence-electron chi connectivity index (χ4n) is 10.1. The molecule has 4 fully saturated rings. The fraction of sp³-hybridized carbons (Fsp3) is 0.618. The lowest BCUT2D eigenvalue weighted by Crippen LogP contribution is -2.62. The number of carbonyl (C=O) groups is 1. The molecule has 0 amide bonds. The predicted molar refractivity (Wildman–Crippen MR) is 166 cm³/mol. The van der Waals surface area contributed by atoms with Crippen LogP contribution in [0.5, 0.6) is 0 Å². The van der Waals surface area contributed by atoms with E-state index in [0.29, 0.717) is 24.0 Å². The Morgan fingerprint density at radius 1 is 1.19 bits per heavy atom.